The lowest BCUT2D eigenvalue weighted by Crippen LogP contribution is -2.68. The Balaban J connectivity index is 0.908. The third-order valence-electron chi connectivity index (χ3n) is 18.7. The Morgan fingerprint density at radius 3 is 0.927 bits per heavy atom. The molecule has 21 saturated heterocycles. The van der Waals surface area contributed by atoms with E-state index in [-0.39, 0.29) is 25.0 Å². The number of ether oxygens (including phenoxy) is 14. The fourth-order valence-electron chi connectivity index (χ4n) is 13.2. The summed E-state index contributed by atoms with van der Waals surface area (Å²) in [5.74, 6) is -0.288. The van der Waals surface area contributed by atoms with E-state index in [1.165, 1.54) is 0 Å². The zero-order valence-electron chi connectivity index (χ0n) is 51.7. The van der Waals surface area contributed by atoms with Crippen LogP contribution < -0.4 is 10.6 Å². The molecule has 0 aromatic heterocycles. The lowest BCUT2D eigenvalue weighted by molar-refractivity contribution is -0.396. The lowest BCUT2D eigenvalue weighted by atomic mass is 9.95. The van der Waals surface area contributed by atoms with Crippen LogP contribution in [-0.4, -0.2) is 382 Å². The van der Waals surface area contributed by atoms with Gasteiger partial charge >= 0.3 is 0 Å². The number of fused-ring (bicyclic) bond motifs is 1. The summed E-state index contributed by atoms with van der Waals surface area (Å²) in [6.45, 7) is -4.51. The van der Waals surface area contributed by atoms with Crippen molar-refractivity contribution < 1.29 is 173 Å². The maximum absolute atomic E-state index is 13.6. The predicted octanol–water partition coefficient (Wildman–Crippen LogP) is -11.5. The van der Waals surface area contributed by atoms with E-state index in [4.69, 9.17) is 66.3 Å². The molecule has 23 rings (SSSR count). The van der Waals surface area contributed by atoms with Crippen LogP contribution in [0.25, 0.3) is 10.8 Å². The fourth-order valence-corrected chi connectivity index (χ4v) is 13.2. The van der Waals surface area contributed by atoms with Gasteiger partial charge < -0.3 is 179 Å². The summed E-state index contributed by atoms with van der Waals surface area (Å²) < 4.78 is 82.0. The molecule has 37 nitrogen and oxygen atoms in total. The largest absolute Gasteiger partial charge is 0.394 e. The number of nitrogens with one attached hydrogen (secondary N) is 2. The van der Waals surface area contributed by atoms with Crippen molar-refractivity contribution in [3.05, 3.63) is 48.0 Å². The molecule has 1 unspecified atom stereocenters. The monoisotopic (exact) mass is 1390 g/mol. The molecule has 21 aliphatic rings. The first-order chi connectivity index (χ1) is 46.0. The van der Waals surface area contributed by atoms with Gasteiger partial charge in [-0.1, -0.05) is 43.3 Å². The second-order valence-corrected chi connectivity index (χ2v) is 24.9. The van der Waals surface area contributed by atoms with Crippen LogP contribution in [0.5, 0.6) is 0 Å². The summed E-state index contributed by atoms with van der Waals surface area (Å²) in [5.41, 5.74) is 0.481. The molecule has 2 aromatic rings. The number of hydrogen-bond acceptors (Lipinski definition) is 36. The molecule has 21 fully saturated rings. The van der Waals surface area contributed by atoms with Crippen LogP contribution in [0.4, 0.5) is 0 Å². The standard InChI is InChI=1S/C59H90N2O35/c1-2-21(61-52(82)23-11-5-8-20-7-3-4-10-22(20)23)9-6-12-60-13-24-45-31(68)38(75)53(83-24)91-46-25(14-62)85-55(40(77)33(46)70)93-48-27(16-64)87-57(42(79)35(48)72)95-50-29(18-66)89-59(44(81)37(50)74)96-51-30(19-67)88-58(43(80)36(51)73)94-49-28(17-65)86-56(41(78)34(49)71)92-47-26(15-63)84-54(90-45)39(76)32(47)69/h3-5,7-8,10-11,21,24-51,53-60,62-81H,2,6,9,12-19H2,1H3,(H,61,82)/t21?,24-,25-,26-,27-,28-,29-,30-,31-,32-,33-,34-,35-,36-,37-,38-,39-,40-,41-,42-,43-,44-,45-,46-,47-,48-,49-,50-,51-,53-,54-,55-,56-,57-,58-,59-/m1/s1. The third kappa shape index (κ3) is 15.7. The molecule has 36 atom stereocenters. The molecule has 0 radical (unpaired) electrons. The highest BCUT2D eigenvalue weighted by atomic mass is 16.8. The van der Waals surface area contributed by atoms with E-state index < -0.39 is 255 Å². The second-order valence-electron chi connectivity index (χ2n) is 24.9. The van der Waals surface area contributed by atoms with Crippen LogP contribution in [0.15, 0.2) is 42.5 Å². The average Bonchev–Trinajstić information content (AvgIpc) is 0.780. The van der Waals surface area contributed by atoms with Crippen molar-refractivity contribution in [2.45, 2.75) is 247 Å². The van der Waals surface area contributed by atoms with Crippen LogP contribution in [-0.2, 0) is 66.3 Å². The van der Waals surface area contributed by atoms with E-state index >= 15 is 0 Å². The summed E-state index contributed by atoms with van der Waals surface area (Å²) in [4.78, 5) is 13.6. The molecule has 546 valence electrons. The number of carbonyl (C=O) groups excluding carboxylic acids is 1. The van der Waals surface area contributed by atoms with Crippen LogP contribution in [0.3, 0.4) is 0 Å². The minimum atomic E-state index is -2.22. The molecule has 2 aromatic carbocycles. The van der Waals surface area contributed by atoms with Gasteiger partial charge in [0.2, 0.25) is 0 Å². The van der Waals surface area contributed by atoms with Crippen molar-refractivity contribution in [2.24, 2.45) is 0 Å². The Morgan fingerprint density at radius 1 is 0.365 bits per heavy atom. The topological polar surface area (TPSA) is 575 Å². The van der Waals surface area contributed by atoms with Gasteiger partial charge in [-0.25, -0.2) is 0 Å². The Hall–Kier alpha value is -3.23. The van der Waals surface area contributed by atoms with Crippen molar-refractivity contribution in [1.82, 2.24) is 10.6 Å². The number of benzene rings is 2. The average molecular weight is 1390 g/mol. The van der Waals surface area contributed by atoms with Crippen LogP contribution in [0.1, 0.15) is 36.5 Å². The van der Waals surface area contributed by atoms with Crippen LogP contribution in [0, 0.1) is 0 Å². The fraction of sp³-hybridized carbons (Fsp3) is 0.814. The maximum atomic E-state index is 13.6. The Morgan fingerprint density at radius 2 is 0.635 bits per heavy atom. The first-order valence-corrected chi connectivity index (χ1v) is 31.8. The van der Waals surface area contributed by atoms with Crippen molar-refractivity contribution in [1.29, 1.82) is 0 Å². The van der Waals surface area contributed by atoms with Gasteiger partial charge in [0.25, 0.3) is 5.91 Å². The SMILES string of the molecule is CCC(CCCNC[C@H]1O[C@@H]2O[C@H]3[C@H](O)[C@@H](O)[C@@H](O[C@H]4[C@H](O)[C@@H](O)[C@@H](O[C@H]5[C@H](O)[C@@H](O)[C@@H](O[C@H]6[C@H](O)[C@@H](O)[C@@H](O[C@H]7[C@H](O)[C@@H](O)[C@@H](O[C@H]8[C@H](O)[C@@H](O)[C@@H](O[C@H]1[C@H](O)[C@H]2O)O[C@@H]8CO)O[C@@H]7CO)O[C@@H]6CO)O[C@@H]5CO)O[C@@H]4CO)O[C@@H]3CO)NC(=O)c1cccc2ccccc12. The van der Waals surface area contributed by atoms with Crippen molar-refractivity contribution in [3.63, 3.8) is 0 Å². The molecule has 1 amide bonds. The summed E-state index contributed by atoms with van der Waals surface area (Å²) in [7, 11) is 0. The zero-order chi connectivity index (χ0) is 69.1. The van der Waals surface area contributed by atoms with Crippen LogP contribution in [0.2, 0.25) is 0 Å². The molecule has 96 heavy (non-hydrogen) atoms. The van der Waals surface area contributed by atoms with Gasteiger partial charge in [0, 0.05) is 18.2 Å². The molecule has 0 aliphatic carbocycles. The Labute approximate surface area is 547 Å². The van der Waals surface area contributed by atoms with Gasteiger partial charge in [-0.2, -0.15) is 0 Å². The second kappa shape index (κ2) is 33.3. The highest BCUT2D eigenvalue weighted by molar-refractivity contribution is 6.07. The van der Waals surface area contributed by atoms with Gasteiger partial charge in [0.15, 0.2) is 44.0 Å². The number of aliphatic hydroxyl groups is 20. The van der Waals surface area contributed by atoms with Gasteiger partial charge in [0.05, 0.1) is 39.6 Å². The molecular weight excluding hydrogens is 1300 g/mol. The van der Waals surface area contributed by atoms with Gasteiger partial charge in [-0.3, -0.25) is 4.79 Å². The van der Waals surface area contributed by atoms with E-state index in [0.717, 1.165) is 10.8 Å². The molecule has 0 spiro atoms. The molecule has 37 heteroatoms. The van der Waals surface area contributed by atoms with Gasteiger partial charge in [0.1, 0.15) is 171 Å². The summed E-state index contributed by atoms with van der Waals surface area (Å²) in [6.07, 6.45) is -68.7. The summed E-state index contributed by atoms with van der Waals surface area (Å²) >= 11 is 0. The van der Waals surface area contributed by atoms with E-state index in [0.29, 0.717) is 24.8 Å². The summed E-state index contributed by atoms with van der Waals surface area (Å²) in [5, 5.41) is 233. The van der Waals surface area contributed by atoms with Crippen molar-refractivity contribution in [2.75, 3.05) is 52.7 Å². The maximum Gasteiger partial charge on any atom is 0.252 e. The minimum Gasteiger partial charge on any atom is -0.394 e. The van der Waals surface area contributed by atoms with E-state index in [2.05, 4.69) is 10.6 Å². The third-order valence-corrected chi connectivity index (χ3v) is 18.7. The molecule has 14 bridgehead atoms. The molecular formula is C59H90N2O35. The normalized spacial score (nSPS) is 47.0. The van der Waals surface area contributed by atoms with E-state index in [9.17, 15) is 107 Å². The lowest BCUT2D eigenvalue weighted by Gasteiger charge is -2.50. The Kier molecular flexibility index (Phi) is 26.1. The first kappa shape index (κ1) is 75.4. The minimum absolute atomic E-state index is 0.197. The van der Waals surface area contributed by atoms with Crippen molar-refractivity contribution in [3.8, 4) is 0 Å². The highest BCUT2D eigenvalue weighted by Crippen LogP contribution is 2.39. The van der Waals surface area contributed by atoms with Crippen LogP contribution >= 0.6 is 0 Å². The number of hydrogen-bond donors (Lipinski definition) is 22. The molecule has 21 heterocycles. The van der Waals surface area contributed by atoms with Gasteiger partial charge in [-0.15, -0.1) is 0 Å². The Bertz CT molecular complexity index is 2730. The zero-order valence-corrected chi connectivity index (χ0v) is 51.7. The number of rotatable bonds is 15. The molecule has 22 N–H and O–H groups in total. The quantitative estimate of drug-likeness (QED) is 0.0736. The number of aliphatic hydroxyl groups excluding tert-OH is 20. The van der Waals surface area contributed by atoms with Gasteiger partial charge in [-0.05, 0) is 42.6 Å². The van der Waals surface area contributed by atoms with E-state index in [1.54, 1.807) is 12.1 Å². The number of amides is 1. The first-order valence-electron chi connectivity index (χ1n) is 31.8. The van der Waals surface area contributed by atoms with Crippen molar-refractivity contribution >= 4 is 16.7 Å². The summed E-state index contributed by atoms with van der Waals surface area (Å²) in [6, 6.07) is 12.5. The number of carbonyl (C=O) groups is 1. The molecule has 0 saturated carbocycles. The van der Waals surface area contributed by atoms with E-state index in [1.807, 2.05) is 37.3 Å². The highest BCUT2D eigenvalue weighted by Gasteiger charge is 2.60. The smallest absolute Gasteiger partial charge is 0.252 e. The molecule has 21 aliphatic heterocycles. The predicted molar refractivity (Wildman–Crippen MR) is 309 cm³/mol.